The second-order valence-corrected chi connectivity index (χ2v) is 8.35. The minimum absolute atomic E-state index is 0.0698. The van der Waals surface area contributed by atoms with Crippen molar-refractivity contribution in [2.24, 2.45) is 0 Å². The minimum Gasteiger partial charge on any atom is -0.354 e. The van der Waals surface area contributed by atoms with E-state index in [-0.39, 0.29) is 11.4 Å². The number of benzene rings is 1. The fourth-order valence-electron chi connectivity index (χ4n) is 4.34. The number of nitrogens with zero attached hydrogens (tertiary/aromatic N) is 1. The van der Waals surface area contributed by atoms with Crippen molar-refractivity contribution < 1.29 is 4.79 Å². The van der Waals surface area contributed by atoms with Gasteiger partial charge in [0.25, 0.3) is 0 Å². The van der Waals surface area contributed by atoms with Gasteiger partial charge in [-0.1, -0.05) is 55.0 Å². The molecule has 0 radical (unpaired) electrons. The topological polar surface area (TPSA) is 32.3 Å². The van der Waals surface area contributed by atoms with Gasteiger partial charge in [0.05, 0.1) is 16.5 Å². The van der Waals surface area contributed by atoms with E-state index in [4.69, 9.17) is 23.2 Å². The van der Waals surface area contributed by atoms with Crippen LogP contribution in [-0.2, 0) is 11.2 Å². The predicted molar refractivity (Wildman–Crippen MR) is 104 cm³/mol. The molecular formula is C20H28Cl2N2O. The third-order valence-electron chi connectivity index (χ3n) is 5.77. The number of hydrogen-bond acceptors (Lipinski definition) is 2. The maximum atomic E-state index is 12.5. The van der Waals surface area contributed by atoms with Crippen LogP contribution in [0, 0.1) is 0 Å². The van der Waals surface area contributed by atoms with Crippen molar-refractivity contribution in [2.45, 2.75) is 63.3 Å². The zero-order chi connectivity index (χ0) is 17.7. The third kappa shape index (κ3) is 4.90. The van der Waals surface area contributed by atoms with Crippen molar-refractivity contribution in [1.29, 1.82) is 0 Å². The Morgan fingerprint density at radius 1 is 1.00 bits per heavy atom. The Balaban J connectivity index is 1.60. The van der Waals surface area contributed by atoms with E-state index in [2.05, 4.69) is 10.2 Å². The van der Waals surface area contributed by atoms with Gasteiger partial charge in [0, 0.05) is 12.1 Å². The van der Waals surface area contributed by atoms with E-state index in [1.54, 1.807) is 12.1 Å². The number of amides is 1. The van der Waals surface area contributed by atoms with Crippen molar-refractivity contribution >= 4 is 29.1 Å². The van der Waals surface area contributed by atoms with E-state index in [1.807, 2.05) is 6.07 Å². The molecule has 1 N–H and O–H groups in total. The number of carbonyl (C=O) groups is 1. The molecular weight excluding hydrogens is 355 g/mol. The average molecular weight is 383 g/mol. The van der Waals surface area contributed by atoms with Gasteiger partial charge in [-0.05, 0) is 56.5 Å². The molecule has 1 saturated carbocycles. The molecule has 3 rings (SSSR count). The molecule has 3 nitrogen and oxygen atoms in total. The fourth-order valence-corrected chi connectivity index (χ4v) is 4.66. The highest BCUT2D eigenvalue weighted by Gasteiger charge is 2.38. The molecule has 1 aliphatic heterocycles. The molecule has 138 valence electrons. The second-order valence-electron chi connectivity index (χ2n) is 7.53. The molecule has 2 fully saturated rings. The highest BCUT2D eigenvalue weighted by Crippen LogP contribution is 2.35. The van der Waals surface area contributed by atoms with Gasteiger partial charge in [0.1, 0.15) is 0 Å². The molecule has 0 bridgehead atoms. The molecule has 1 aromatic rings. The number of carbonyl (C=O) groups excluding carboxylic acids is 1. The normalized spacial score (nSPS) is 21.0. The lowest BCUT2D eigenvalue weighted by Crippen LogP contribution is -2.58. The van der Waals surface area contributed by atoms with Crippen LogP contribution in [0.1, 0.15) is 56.9 Å². The molecule has 1 heterocycles. The average Bonchev–Trinajstić information content (AvgIpc) is 2.65. The van der Waals surface area contributed by atoms with Crippen molar-refractivity contribution in [2.75, 3.05) is 19.6 Å². The number of piperidine rings is 1. The van der Waals surface area contributed by atoms with E-state index >= 15 is 0 Å². The molecule has 0 unspecified atom stereocenters. The lowest BCUT2D eigenvalue weighted by atomic mass is 9.79. The van der Waals surface area contributed by atoms with Gasteiger partial charge in [-0.25, -0.2) is 0 Å². The molecule has 1 aromatic carbocycles. The van der Waals surface area contributed by atoms with Crippen molar-refractivity contribution in [3.05, 3.63) is 33.8 Å². The molecule has 1 aliphatic carbocycles. The number of halogens is 2. The lowest BCUT2D eigenvalue weighted by molar-refractivity contribution is -0.121. The van der Waals surface area contributed by atoms with Crippen LogP contribution in [0.2, 0.25) is 10.0 Å². The highest BCUT2D eigenvalue weighted by atomic mass is 35.5. The second kappa shape index (κ2) is 8.75. The number of likely N-dealkylation sites (tertiary alicyclic amines) is 1. The summed E-state index contributed by atoms with van der Waals surface area (Å²) in [4.78, 5) is 15.1. The molecule has 0 aromatic heterocycles. The van der Waals surface area contributed by atoms with E-state index < -0.39 is 0 Å². The summed E-state index contributed by atoms with van der Waals surface area (Å²) in [5, 5.41) is 4.25. The van der Waals surface area contributed by atoms with Gasteiger partial charge >= 0.3 is 0 Å². The van der Waals surface area contributed by atoms with Gasteiger partial charge in [-0.2, -0.15) is 0 Å². The molecule has 1 saturated heterocycles. The Kier molecular flexibility index (Phi) is 6.65. The Bertz CT molecular complexity index is 593. The van der Waals surface area contributed by atoms with Crippen molar-refractivity contribution in [3.8, 4) is 0 Å². The molecule has 2 aliphatic rings. The number of nitrogens with one attached hydrogen (secondary N) is 1. The van der Waals surface area contributed by atoms with E-state index in [1.165, 1.54) is 64.5 Å². The number of rotatable bonds is 5. The maximum Gasteiger partial charge on any atom is 0.224 e. The lowest BCUT2D eigenvalue weighted by Gasteiger charge is -2.48. The first-order chi connectivity index (χ1) is 12.1. The monoisotopic (exact) mass is 382 g/mol. The Morgan fingerprint density at radius 3 is 2.36 bits per heavy atom. The summed E-state index contributed by atoms with van der Waals surface area (Å²) in [6, 6.07) is 5.40. The van der Waals surface area contributed by atoms with Crippen LogP contribution < -0.4 is 5.32 Å². The van der Waals surface area contributed by atoms with Gasteiger partial charge in [0.2, 0.25) is 5.91 Å². The fraction of sp³-hybridized carbons (Fsp3) is 0.650. The van der Waals surface area contributed by atoms with E-state index in [9.17, 15) is 4.79 Å². The van der Waals surface area contributed by atoms with Crippen LogP contribution in [0.25, 0.3) is 0 Å². The quantitative estimate of drug-likeness (QED) is 0.789. The summed E-state index contributed by atoms with van der Waals surface area (Å²) in [6.45, 7) is 3.14. The van der Waals surface area contributed by atoms with Crippen molar-refractivity contribution in [1.82, 2.24) is 10.2 Å². The summed E-state index contributed by atoms with van der Waals surface area (Å²) in [6.07, 6.45) is 10.6. The summed E-state index contributed by atoms with van der Waals surface area (Å²) >= 11 is 12.0. The first-order valence-electron chi connectivity index (χ1n) is 9.55. The van der Waals surface area contributed by atoms with Gasteiger partial charge in [0.15, 0.2) is 0 Å². The van der Waals surface area contributed by atoms with E-state index in [0.29, 0.717) is 16.5 Å². The first-order valence-corrected chi connectivity index (χ1v) is 10.3. The molecule has 25 heavy (non-hydrogen) atoms. The van der Waals surface area contributed by atoms with Gasteiger partial charge < -0.3 is 5.32 Å². The zero-order valence-corrected chi connectivity index (χ0v) is 16.3. The largest absolute Gasteiger partial charge is 0.354 e. The van der Waals surface area contributed by atoms with E-state index in [0.717, 1.165) is 12.1 Å². The van der Waals surface area contributed by atoms with Crippen LogP contribution in [0.4, 0.5) is 0 Å². The molecule has 0 atom stereocenters. The Hall–Kier alpha value is -0.770. The van der Waals surface area contributed by atoms with Crippen LogP contribution in [0.5, 0.6) is 0 Å². The van der Waals surface area contributed by atoms with Crippen LogP contribution in [-0.4, -0.2) is 36.0 Å². The maximum absolute atomic E-state index is 12.5. The van der Waals surface area contributed by atoms with Gasteiger partial charge in [-0.15, -0.1) is 0 Å². The van der Waals surface area contributed by atoms with Crippen LogP contribution in [0.3, 0.4) is 0 Å². The Morgan fingerprint density at radius 2 is 1.68 bits per heavy atom. The number of hydrogen-bond donors (Lipinski definition) is 1. The third-order valence-corrected chi connectivity index (χ3v) is 6.51. The molecule has 5 heteroatoms. The zero-order valence-electron chi connectivity index (χ0n) is 14.8. The van der Waals surface area contributed by atoms with Crippen LogP contribution >= 0.6 is 23.2 Å². The van der Waals surface area contributed by atoms with Gasteiger partial charge in [-0.3, -0.25) is 9.69 Å². The SMILES string of the molecule is O=C(Cc1ccc(Cl)c(Cl)c1)NCC1(N2CCCCC2)CCCCC1. The first kappa shape index (κ1) is 19.0. The smallest absolute Gasteiger partial charge is 0.224 e. The highest BCUT2D eigenvalue weighted by molar-refractivity contribution is 6.42. The standard InChI is InChI=1S/C20H28Cl2N2O/c21-17-8-7-16(13-18(17)22)14-19(25)23-15-20(9-3-1-4-10-20)24-11-5-2-6-12-24/h7-8,13H,1-6,9-12,14-15H2,(H,23,25). The Labute approximate surface area is 161 Å². The summed E-state index contributed by atoms with van der Waals surface area (Å²) < 4.78 is 0. The summed E-state index contributed by atoms with van der Waals surface area (Å²) in [5.74, 6) is 0.0698. The van der Waals surface area contributed by atoms with Crippen molar-refractivity contribution in [3.63, 3.8) is 0 Å². The summed E-state index contributed by atoms with van der Waals surface area (Å²) in [7, 11) is 0. The minimum atomic E-state index is 0.0698. The molecule has 1 amide bonds. The summed E-state index contributed by atoms with van der Waals surface area (Å²) in [5.41, 5.74) is 1.08. The molecule has 0 spiro atoms. The predicted octanol–water partition coefficient (Wildman–Crippen LogP) is 4.84. The van der Waals surface area contributed by atoms with Crippen LogP contribution in [0.15, 0.2) is 18.2 Å².